The lowest BCUT2D eigenvalue weighted by atomic mass is 10.0. The van der Waals surface area contributed by atoms with E-state index in [-0.39, 0.29) is 30.5 Å². The first-order chi connectivity index (χ1) is 8.59. The van der Waals surface area contributed by atoms with Gasteiger partial charge in [0, 0.05) is 25.2 Å². The van der Waals surface area contributed by atoms with Crippen LogP contribution in [-0.2, 0) is 16.1 Å². The zero-order valence-electron chi connectivity index (χ0n) is 10.3. The maximum absolute atomic E-state index is 13.3. The Morgan fingerprint density at radius 1 is 1.50 bits per heavy atom. The van der Waals surface area contributed by atoms with E-state index in [4.69, 9.17) is 4.74 Å². The predicted octanol–water partition coefficient (Wildman–Crippen LogP) is 0.820. The predicted molar refractivity (Wildman–Crippen MR) is 65.5 cm³/mol. The van der Waals surface area contributed by atoms with Gasteiger partial charge in [0.2, 0.25) is 5.91 Å². The van der Waals surface area contributed by atoms with Crippen LogP contribution >= 0.6 is 0 Å². The van der Waals surface area contributed by atoms with E-state index in [2.05, 4.69) is 10.6 Å². The molecule has 0 unspecified atom stereocenters. The van der Waals surface area contributed by atoms with Crippen LogP contribution in [0.5, 0.6) is 0 Å². The fourth-order valence-corrected chi connectivity index (χ4v) is 1.71. The van der Waals surface area contributed by atoms with Gasteiger partial charge in [-0.05, 0) is 13.0 Å². The topological polar surface area (TPSA) is 50.4 Å². The van der Waals surface area contributed by atoms with E-state index >= 15 is 0 Å². The fraction of sp³-hybridized carbons (Fsp3) is 0.462. The highest BCUT2D eigenvalue weighted by Gasteiger charge is 2.32. The van der Waals surface area contributed by atoms with Gasteiger partial charge in [-0.15, -0.1) is 0 Å². The fourth-order valence-electron chi connectivity index (χ4n) is 1.71. The number of carbonyl (C=O) groups is 1. The molecule has 1 amide bonds. The van der Waals surface area contributed by atoms with Gasteiger partial charge in [0.25, 0.3) is 0 Å². The lowest BCUT2D eigenvalue weighted by Crippen LogP contribution is -2.59. The molecule has 0 aliphatic carbocycles. The lowest BCUT2D eigenvalue weighted by Gasteiger charge is -2.38. The monoisotopic (exact) mass is 252 g/mol. The van der Waals surface area contributed by atoms with E-state index in [0.717, 1.165) is 13.1 Å². The number of ether oxygens (including phenoxy) is 1. The molecule has 0 aromatic heterocycles. The molecule has 1 aromatic carbocycles. The Balaban J connectivity index is 1.73. The van der Waals surface area contributed by atoms with Crippen molar-refractivity contribution in [3.05, 3.63) is 35.6 Å². The highest BCUT2D eigenvalue weighted by atomic mass is 19.1. The standard InChI is InChI=1S/C13H17FN2O2/c1-13(8-15-9-13)18-7-12(17)16-6-10-4-2-3-5-11(10)14/h2-5,15H,6-9H2,1H3,(H,16,17). The molecule has 5 heteroatoms. The Morgan fingerprint density at radius 3 is 2.83 bits per heavy atom. The molecule has 2 rings (SSSR count). The van der Waals surface area contributed by atoms with Crippen LogP contribution in [0.15, 0.2) is 24.3 Å². The largest absolute Gasteiger partial charge is 0.363 e. The van der Waals surface area contributed by atoms with Crippen molar-refractivity contribution >= 4 is 5.91 Å². The van der Waals surface area contributed by atoms with E-state index in [1.54, 1.807) is 18.2 Å². The molecule has 1 fully saturated rings. The van der Waals surface area contributed by atoms with E-state index in [1.165, 1.54) is 6.07 Å². The summed E-state index contributed by atoms with van der Waals surface area (Å²) in [6.45, 7) is 3.66. The molecule has 0 spiro atoms. The van der Waals surface area contributed by atoms with Crippen LogP contribution in [0.4, 0.5) is 4.39 Å². The number of nitrogens with one attached hydrogen (secondary N) is 2. The third kappa shape index (κ3) is 3.27. The molecular weight excluding hydrogens is 235 g/mol. The number of amides is 1. The summed E-state index contributed by atoms with van der Waals surface area (Å²) >= 11 is 0. The second-order valence-corrected chi connectivity index (χ2v) is 4.71. The van der Waals surface area contributed by atoms with Crippen molar-refractivity contribution in [2.75, 3.05) is 19.7 Å². The van der Waals surface area contributed by atoms with Gasteiger partial charge in [-0.25, -0.2) is 4.39 Å². The molecule has 98 valence electrons. The van der Waals surface area contributed by atoms with Crippen LogP contribution in [0.2, 0.25) is 0 Å². The Bertz CT molecular complexity index is 433. The quantitative estimate of drug-likeness (QED) is 0.815. The van der Waals surface area contributed by atoms with Crippen molar-refractivity contribution in [1.82, 2.24) is 10.6 Å². The molecule has 4 nitrogen and oxygen atoms in total. The average Bonchev–Trinajstić information content (AvgIpc) is 2.33. The van der Waals surface area contributed by atoms with Crippen LogP contribution in [0.1, 0.15) is 12.5 Å². The van der Waals surface area contributed by atoms with E-state index in [1.807, 2.05) is 6.92 Å². The van der Waals surface area contributed by atoms with Crippen molar-refractivity contribution < 1.29 is 13.9 Å². The molecule has 0 radical (unpaired) electrons. The molecule has 18 heavy (non-hydrogen) atoms. The van der Waals surface area contributed by atoms with Crippen LogP contribution in [0.25, 0.3) is 0 Å². The summed E-state index contributed by atoms with van der Waals surface area (Å²) in [6, 6.07) is 6.38. The number of carbonyl (C=O) groups excluding carboxylic acids is 1. The number of rotatable bonds is 5. The first-order valence-corrected chi connectivity index (χ1v) is 5.94. The van der Waals surface area contributed by atoms with Crippen molar-refractivity contribution in [2.24, 2.45) is 0 Å². The number of hydrogen-bond donors (Lipinski definition) is 2. The summed E-state index contributed by atoms with van der Waals surface area (Å²) in [5, 5.41) is 5.72. The second-order valence-electron chi connectivity index (χ2n) is 4.71. The van der Waals surface area contributed by atoms with Gasteiger partial charge in [0.15, 0.2) is 0 Å². The smallest absolute Gasteiger partial charge is 0.246 e. The first-order valence-electron chi connectivity index (χ1n) is 5.94. The van der Waals surface area contributed by atoms with Crippen LogP contribution in [0.3, 0.4) is 0 Å². The van der Waals surface area contributed by atoms with Crippen LogP contribution in [-0.4, -0.2) is 31.2 Å². The Morgan fingerprint density at radius 2 is 2.22 bits per heavy atom. The minimum Gasteiger partial charge on any atom is -0.363 e. The summed E-state index contributed by atoms with van der Waals surface area (Å²) in [5.41, 5.74) is 0.234. The summed E-state index contributed by atoms with van der Waals surface area (Å²) < 4.78 is 18.8. The van der Waals surface area contributed by atoms with E-state index in [9.17, 15) is 9.18 Å². The lowest BCUT2D eigenvalue weighted by molar-refractivity contribution is -0.136. The minimum absolute atomic E-state index is 0.00658. The van der Waals surface area contributed by atoms with Crippen LogP contribution in [0, 0.1) is 5.82 Å². The Hall–Kier alpha value is -1.46. The third-order valence-corrected chi connectivity index (χ3v) is 2.98. The maximum Gasteiger partial charge on any atom is 0.246 e. The van der Waals surface area contributed by atoms with Gasteiger partial charge in [-0.3, -0.25) is 4.79 Å². The summed E-state index contributed by atoms with van der Waals surface area (Å²) in [4.78, 5) is 11.5. The molecule has 0 bridgehead atoms. The van der Waals surface area contributed by atoms with Crippen molar-refractivity contribution in [1.29, 1.82) is 0 Å². The Kier molecular flexibility index (Phi) is 3.93. The highest BCUT2D eigenvalue weighted by molar-refractivity contribution is 5.77. The van der Waals surface area contributed by atoms with Crippen molar-refractivity contribution in [2.45, 2.75) is 19.1 Å². The maximum atomic E-state index is 13.3. The summed E-state index contributed by atoms with van der Waals surface area (Å²) in [6.07, 6.45) is 0. The third-order valence-electron chi connectivity index (χ3n) is 2.98. The van der Waals surface area contributed by atoms with Gasteiger partial charge in [-0.1, -0.05) is 18.2 Å². The molecular formula is C13H17FN2O2. The highest BCUT2D eigenvalue weighted by Crippen LogP contribution is 2.14. The van der Waals surface area contributed by atoms with E-state index in [0.29, 0.717) is 5.56 Å². The Labute approximate surface area is 106 Å². The zero-order valence-corrected chi connectivity index (χ0v) is 10.3. The zero-order chi connectivity index (χ0) is 13.0. The van der Waals surface area contributed by atoms with Crippen molar-refractivity contribution in [3.8, 4) is 0 Å². The molecule has 1 aromatic rings. The number of halogens is 1. The molecule has 1 heterocycles. The number of hydrogen-bond acceptors (Lipinski definition) is 3. The summed E-state index contributed by atoms with van der Waals surface area (Å²) in [5.74, 6) is -0.541. The first kappa shape index (κ1) is 13.0. The SMILES string of the molecule is CC1(OCC(=O)NCc2ccccc2F)CNC1. The minimum atomic E-state index is -0.311. The molecule has 1 saturated heterocycles. The van der Waals surface area contributed by atoms with Gasteiger partial charge in [0.1, 0.15) is 12.4 Å². The van der Waals surface area contributed by atoms with Gasteiger partial charge in [0.05, 0.1) is 5.60 Å². The second kappa shape index (κ2) is 5.46. The molecule has 1 aliphatic heterocycles. The molecule has 0 atom stereocenters. The molecule has 1 aliphatic rings. The van der Waals surface area contributed by atoms with Crippen molar-refractivity contribution in [3.63, 3.8) is 0 Å². The van der Waals surface area contributed by atoms with E-state index < -0.39 is 0 Å². The normalized spacial score (nSPS) is 17.0. The average molecular weight is 252 g/mol. The van der Waals surface area contributed by atoms with Gasteiger partial charge in [-0.2, -0.15) is 0 Å². The summed E-state index contributed by atoms with van der Waals surface area (Å²) in [7, 11) is 0. The molecule has 2 N–H and O–H groups in total. The van der Waals surface area contributed by atoms with Crippen LogP contribution < -0.4 is 10.6 Å². The number of benzene rings is 1. The van der Waals surface area contributed by atoms with Gasteiger partial charge < -0.3 is 15.4 Å². The van der Waals surface area contributed by atoms with Gasteiger partial charge >= 0.3 is 0 Å². The molecule has 0 saturated carbocycles.